The van der Waals surface area contributed by atoms with Gasteiger partial charge in [-0.25, -0.2) is 0 Å². The fraction of sp³-hybridized carbons (Fsp3) is 0.400. The van der Waals surface area contributed by atoms with Crippen LogP contribution in [0.15, 0.2) is 34.8 Å². The molecule has 1 amide bonds. The molecular weight excluding hydrogens is 334 g/mol. The van der Waals surface area contributed by atoms with E-state index in [4.69, 9.17) is 14.3 Å². The van der Waals surface area contributed by atoms with Crippen molar-refractivity contribution < 1.29 is 23.8 Å². The van der Waals surface area contributed by atoms with E-state index in [1.54, 1.807) is 17.0 Å². The lowest BCUT2D eigenvalue weighted by atomic mass is 10.2. The van der Waals surface area contributed by atoms with Gasteiger partial charge < -0.3 is 19.2 Å². The number of nitrogens with zero attached hydrogens (tertiary/aromatic N) is 1. The second kappa shape index (κ2) is 9.08. The highest BCUT2D eigenvalue weighted by Gasteiger charge is 2.13. The van der Waals surface area contributed by atoms with Gasteiger partial charge in [-0.1, -0.05) is 12.1 Å². The molecule has 26 heavy (non-hydrogen) atoms. The molecule has 0 saturated heterocycles. The topological polar surface area (TPSA) is 80.0 Å². The minimum atomic E-state index is -0.842. The average molecular weight is 359 g/mol. The van der Waals surface area contributed by atoms with Gasteiger partial charge in [0.15, 0.2) is 11.3 Å². The molecule has 0 atom stereocenters. The lowest BCUT2D eigenvalue weighted by Crippen LogP contribution is -2.28. The number of aliphatic carboxylic acids is 1. The molecule has 0 saturated carbocycles. The van der Waals surface area contributed by atoms with E-state index < -0.39 is 5.97 Å². The highest BCUT2D eigenvalue weighted by Crippen LogP contribution is 2.31. The van der Waals surface area contributed by atoms with Crippen LogP contribution in [0.4, 0.5) is 0 Å². The minimum absolute atomic E-state index is 0.0434. The summed E-state index contributed by atoms with van der Waals surface area (Å²) < 4.78 is 11.6. The molecule has 140 valence electrons. The number of carbonyl (C=O) groups excluding carboxylic acids is 1. The zero-order chi connectivity index (χ0) is 19.1. The largest absolute Gasteiger partial charge is 0.490 e. The van der Waals surface area contributed by atoms with Crippen molar-refractivity contribution in [3.8, 4) is 5.75 Å². The molecule has 0 spiro atoms. The van der Waals surface area contributed by atoms with Crippen molar-refractivity contribution in [1.82, 2.24) is 4.90 Å². The number of hydrogen-bond acceptors (Lipinski definition) is 4. The summed E-state index contributed by atoms with van der Waals surface area (Å²) in [7, 11) is 0. The number of carboxylic acids is 1. The third kappa shape index (κ3) is 4.88. The Balaban J connectivity index is 2.18. The number of rotatable bonds is 9. The fourth-order valence-corrected chi connectivity index (χ4v) is 2.63. The lowest BCUT2D eigenvalue weighted by molar-refractivity contribution is -0.137. The number of benzene rings is 1. The quantitative estimate of drug-likeness (QED) is 0.542. The molecule has 0 aliphatic rings. The number of likely N-dealkylation sites (N-methyl/N-ethyl adjacent to an activating group) is 1. The van der Waals surface area contributed by atoms with Gasteiger partial charge in [-0.2, -0.15) is 0 Å². The van der Waals surface area contributed by atoms with Gasteiger partial charge in [-0.05, 0) is 44.9 Å². The summed E-state index contributed by atoms with van der Waals surface area (Å²) in [5, 5.41) is 9.56. The van der Waals surface area contributed by atoms with Gasteiger partial charge in [-0.15, -0.1) is 0 Å². The molecule has 1 aromatic carbocycles. The zero-order valence-electron chi connectivity index (χ0n) is 15.4. The third-order valence-corrected chi connectivity index (χ3v) is 4.10. The normalized spacial score (nSPS) is 11.6. The van der Waals surface area contributed by atoms with Crippen LogP contribution >= 0.6 is 0 Å². The van der Waals surface area contributed by atoms with Gasteiger partial charge >= 0.3 is 5.97 Å². The van der Waals surface area contributed by atoms with E-state index in [2.05, 4.69) is 0 Å². The monoisotopic (exact) mass is 359 g/mol. The maximum absolute atomic E-state index is 12.2. The van der Waals surface area contributed by atoms with Crippen LogP contribution < -0.4 is 4.74 Å². The summed E-state index contributed by atoms with van der Waals surface area (Å²) in [5.74, 6) is 0.299. The summed E-state index contributed by atoms with van der Waals surface area (Å²) in [6.07, 6.45) is 2.07. The van der Waals surface area contributed by atoms with Crippen LogP contribution in [0.25, 0.3) is 16.5 Å². The van der Waals surface area contributed by atoms with Crippen molar-refractivity contribution in [3.05, 3.63) is 36.1 Å². The van der Waals surface area contributed by atoms with Crippen molar-refractivity contribution in [2.75, 3.05) is 19.7 Å². The number of para-hydroxylation sites is 1. The highest BCUT2D eigenvalue weighted by molar-refractivity contribution is 5.95. The first-order valence-electron chi connectivity index (χ1n) is 8.81. The van der Waals surface area contributed by atoms with Crippen molar-refractivity contribution in [2.24, 2.45) is 0 Å². The van der Waals surface area contributed by atoms with E-state index >= 15 is 0 Å². The van der Waals surface area contributed by atoms with Crippen LogP contribution in [-0.4, -0.2) is 41.6 Å². The molecule has 6 heteroatoms. The zero-order valence-corrected chi connectivity index (χ0v) is 15.4. The predicted octanol–water partition coefficient (Wildman–Crippen LogP) is 3.95. The smallest absolute Gasteiger partial charge is 0.303 e. The van der Waals surface area contributed by atoms with Gasteiger partial charge in [0.25, 0.3) is 0 Å². The third-order valence-electron chi connectivity index (χ3n) is 4.10. The van der Waals surface area contributed by atoms with Gasteiger partial charge in [0.2, 0.25) is 5.91 Å². The molecular formula is C20H25NO5. The van der Waals surface area contributed by atoms with Crippen LogP contribution in [0.5, 0.6) is 5.75 Å². The van der Waals surface area contributed by atoms with Crippen LogP contribution in [0, 0.1) is 0 Å². The van der Waals surface area contributed by atoms with Crippen LogP contribution in [0.2, 0.25) is 0 Å². The number of hydrogen-bond donors (Lipinski definition) is 1. The maximum Gasteiger partial charge on any atom is 0.303 e. The SMILES string of the molecule is CCN(CC)C(=O)/C=C(/C)c1cc2cccc(OCCCC(=O)O)c2o1. The molecule has 6 nitrogen and oxygen atoms in total. The minimum Gasteiger partial charge on any atom is -0.490 e. The number of ether oxygens (including phenoxy) is 1. The molecule has 1 N–H and O–H groups in total. The Hall–Kier alpha value is -2.76. The highest BCUT2D eigenvalue weighted by atomic mass is 16.5. The van der Waals surface area contributed by atoms with Crippen LogP contribution in [0.1, 0.15) is 39.4 Å². The first kappa shape index (κ1) is 19.6. The Labute approximate surface area is 153 Å². The Bertz CT molecular complexity index is 802. The van der Waals surface area contributed by atoms with E-state index in [1.807, 2.05) is 39.0 Å². The number of furan rings is 1. The molecule has 0 aliphatic carbocycles. The standard InChI is InChI=1S/C20H25NO5/c1-4-21(5-2)18(22)12-14(3)17-13-15-8-6-9-16(20(15)26-17)25-11-7-10-19(23)24/h6,8-9,12-13H,4-5,7,10-11H2,1-3H3,(H,23,24)/b14-12-. The number of fused-ring (bicyclic) bond motifs is 1. The second-order valence-electron chi connectivity index (χ2n) is 5.97. The van der Waals surface area contributed by atoms with E-state index in [0.29, 0.717) is 43.2 Å². The molecule has 0 fully saturated rings. The summed E-state index contributed by atoms with van der Waals surface area (Å²) in [6, 6.07) is 7.43. The van der Waals surface area contributed by atoms with Gasteiger partial charge in [0.05, 0.1) is 6.61 Å². The molecule has 0 radical (unpaired) electrons. The first-order chi connectivity index (χ1) is 12.5. The Morgan fingerprint density at radius 2 is 2.00 bits per heavy atom. The molecule has 2 rings (SSSR count). The number of carboxylic acid groups (broad SMARTS) is 1. The van der Waals surface area contributed by atoms with Crippen LogP contribution in [0.3, 0.4) is 0 Å². The van der Waals surface area contributed by atoms with Gasteiger partial charge in [0.1, 0.15) is 5.76 Å². The van der Waals surface area contributed by atoms with Crippen molar-refractivity contribution in [3.63, 3.8) is 0 Å². The molecule has 1 heterocycles. The molecule has 0 aliphatic heterocycles. The number of amides is 1. The fourth-order valence-electron chi connectivity index (χ4n) is 2.63. The summed E-state index contributed by atoms with van der Waals surface area (Å²) in [4.78, 5) is 24.5. The van der Waals surface area contributed by atoms with Crippen LogP contribution in [-0.2, 0) is 9.59 Å². The van der Waals surface area contributed by atoms with Crippen molar-refractivity contribution in [2.45, 2.75) is 33.6 Å². The lowest BCUT2D eigenvalue weighted by Gasteiger charge is -2.16. The number of carbonyl (C=O) groups is 2. The maximum atomic E-state index is 12.2. The number of allylic oxidation sites excluding steroid dienone is 1. The molecule has 1 aromatic heterocycles. The Morgan fingerprint density at radius 3 is 2.65 bits per heavy atom. The molecule has 0 unspecified atom stereocenters. The predicted molar refractivity (Wildman–Crippen MR) is 100 cm³/mol. The van der Waals surface area contributed by atoms with E-state index in [1.165, 1.54) is 0 Å². The summed E-state index contributed by atoms with van der Waals surface area (Å²) in [5.41, 5.74) is 1.34. The summed E-state index contributed by atoms with van der Waals surface area (Å²) >= 11 is 0. The van der Waals surface area contributed by atoms with Gasteiger partial charge in [0, 0.05) is 31.0 Å². The first-order valence-corrected chi connectivity index (χ1v) is 8.81. The summed E-state index contributed by atoms with van der Waals surface area (Å²) in [6.45, 7) is 7.35. The van der Waals surface area contributed by atoms with Crippen molar-refractivity contribution in [1.29, 1.82) is 0 Å². The van der Waals surface area contributed by atoms with E-state index in [-0.39, 0.29) is 12.3 Å². The second-order valence-corrected chi connectivity index (χ2v) is 5.97. The van der Waals surface area contributed by atoms with Crippen molar-refractivity contribution >= 4 is 28.4 Å². The Morgan fingerprint density at radius 1 is 1.27 bits per heavy atom. The molecule has 2 aromatic rings. The van der Waals surface area contributed by atoms with E-state index in [9.17, 15) is 9.59 Å². The average Bonchev–Trinajstić information content (AvgIpc) is 3.04. The molecule has 0 bridgehead atoms. The Kier molecular flexibility index (Phi) is 6.83. The van der Waals surface area contributed by atoms with E-state index in [0.717, 1.165) is 11.0 Å². The van der Waals surface area contributed by atoms with Gasteiger partial charge in [-0.3, -0.25) is 9.59 Å².